The third-order valence-electron chi connectivity index (χ3n) is 4.69. The van der Waals surface area contributed by atoms with Crippen molar-refractivity contribution in [2.24, 2.45) is 0 Å². The second-order valence-electron chi connectivity index (χ2n) is 6.79. The van der Waals surface area contributed by atoms with Crippen LogP contribution in [0.1, 0.15) is 24.8 Å². The average molecular weight is 366 g/mol. The van der Waals surface area contributed by atoms with Crippen molar-refractivity contribution in [2.45, 2.75) is 25.8 Å². The Morgan fingerprint density at radius 3 is 2.59 bits per heavy atom. The molecule has 0 unspecified atom stereocenters. The number of amides is 2. The lowest BCUT2D eigenvalue weighted by atomic mass is 10.2. The number of carbonyl (C=O) groups is 2. The van der Waals surface area contributed by atoms with E-state index in [-0.39, 0.29) is 24.7 Å². The molecular weight excluding hydrogens is 340 g/mol. The number of aromatic nitrogens is 1. The van der Waals surface area contributed by atoms with Crippen molar-refractivity contribution in [3.05, 3.63) is 60.4 Å². The second-order valence-corrected chi connectivity index (χ2v) is 6.79. The van der Waals surface area contributed by atoms with Crippen LogP contribution in [-0.4, -0.2) is 52.8 Å². The molecule has 6 heteroatoms. The quantitative estimate of drug-likeness (QED) is 0.853. The first-order valence-electron chi connectivity index (χ1n) is 9.44. The van der Waals surface area contributed by atoms with Crippen molar-refractivity contribution < 1.29 is 9.59 Å². The van der Waals surface area contributed by atoms with Gasteiger partial charge in [0.25, 0.3) is 0 Å². The molecule has 2 aromatic rings. The zero-order valence-electron chi connectivity index (χ0n) is 15.5. The summed E-state index contributed by atoms with van der Waals surface area (Å²) in [6.07, 6.45) is 5.08. The van der Waals surface area contributed by atoms with Crippen LogP contribution in [0, 0.1) is 0 Å². The van der Waals surface area contributed by atoms with Gasteiger partial charge in [0.05, 0.1) is 0 Å². The largest absolute Gasteiger partial charge is 0.341 e. The van der Waals surface area contributed by atoms with E-state index in [2.05, 4.69) is 21.3 Å². The van der Waals surface area contributed by atoms with Crippen molar-refractivity contribution in [3.63, 3.8) is 0 Å². The number of rotatable bonds is 6. The summed E-state index contributed by atoms with van der Waals surface area (Å²) < 4.78 is 0. The van der Waals surface area contributed by atoms with Gasteiger partial charge in [-0.05, 0) is 30.2 Å². The van der Waals surface area contributed by atoms with Gasteiger partial charge in [-0.15, -0.1) is 0 Å². The second kappa shape index (κ2) is 9.83. The molecule has 0 spiro atoms. The van der Waals surface area contributed by atoms with E-state index < -0.39 is 0 Å². The Morgan fingerprint density at radius 1 is 0.963 bits per heavy atom. The summed E-state index contributed by atoms with van der Waals surface area (Å²) in [6, 6.07) is 13.3. The lowest BCUT2D eigenvalue weighted by Gasteiger charge is -2.22. The monoisotopic (exact) mass is 366 g/mol. The Balaban J connectivity index is 1.41. The lowest BCUT2D eigenvalue weighted by molar-refractivity contribution is -0.132. The highest BCUT2D eigenvalue weighted by Gasteiger charge is 2.19. The standard InChI is InChI=1S/C21H26N4O2/c26-20(23-19-7-2-1-3-8-19)9-10-21(27)25-13-5-12-24(14-15-25)17-18-6-4-11-22-16-18/h1-4,6-8,11,16H,5,9-10,12-15,17H2,(H,23,26). The molecule has 1 aliphatic heterocycles. The van der Waals surface area contributed by atoms with Gasteiger partial charge in [-0.3, -0.25) is 19.5 Å². The Hall–Kier alpha value is -2.73. The van der Waals surface area contributed by atoms with E-state index >= 15 is 0 Å². The molecule has 1 aromatic carbocycles. The fourth-order valence-corrected chi connectivity index (χ4v) is 3.25. The van der Waals surface area contributed by atoms with Gasteiger partial charge >= 0.3 is 0 Å². The zero-order chi connectivity index (χ0) is 18.9. The molecular formula is C21H26N4O2. The molecule has 0 bridgehead atoms. The first-order chi connectivity index (χ1) is 13.2. The van der Waals surface area contributed by atoms with Crippen LogP contribution in [0.25, 0.3) is 0 Å². The van der Waals surface area contributed by atoms with Crippen LogP contribution < -0.4 is 5.32 Å². The zero-order valence-corrected chi connectivity index (χ0v) is 15.5. The molecule has 2 heterocycles. The van der Waals surface area contributed by atoms with Gasteiger partial charge in [0.15, 0.2) is 0 Å². The minimum Gasteiger partial charge on any atom is -0.341 e. The van der Waals surface area contributed by atoms with Gasteiger partial charge in [-0.25, -0.2) is 0 Å². The number of hydrogen-bond donors (Lipinski definition) is 1. The summed E-state index contributed by atoms with van der Waals surface area (Å²) in [5.74, 6) is -0.0657. The summed E-state index contributed by atoms with van der Waals surface area (Å²) in [5, 5.41) is 2.82. The van der Waals surface area contributed by atoms with E-state index in [0.29, 0.717) is 6.54 Å². The Kier molecular flexibility index (Phi) is 6.93. The van der Waals surface area contributed by atoms with E-state index in [0.717, 1.165) is 38.3 Å². The third kappa shape index (κ3) is 6.18. The molecule has 0 saturated carbocycles. The van der Waals surface area contributed by atoms with Crippen molar-refractivity contribution in [2.75, 3.05) is 31.5 Å². The van der Waals surface area contributed by atoms with Crippen LogP contribution in [0.2, 0.25) is 0 Å². The summed E-state index contributed by atoms with van der Waals surface area (Å²) in [7, 11) is 0. The van der Waals surface area contributed by atoms with Gasteiger partial charge in [-0.1, -0.05) is 24.3 Å². The summed E-state index contributed by atoms with van der Waals surface area (Å²) in [4.78, 5) is 32.9. The molecule has 1 N–H and O–H groups in total. The van der Waals surface area contributed by atoms with Crippen LogP contribution in [0.5, 0.6) is 0 Å². The molecule has 0 radical (unpaired) electrons. The fourth-order valence-electron chi connectivity index (χ4n) is 3.25. The highest BCUT2D eigenvalue weighted by molar-refractivity contribution is 5.93. The van der Waals surface area contributed by atoms with E-state index in [1.165, 1.54) is 5.56 Å². The van der Waals surface area contributed by atoms with Crippen LogP contribution in [0.15, 0.2) is 54.9 Å². The number of nitrogens with zero attached hydrogens (tertiary/aromatic N) is 3. The van der Waals surface area contributed by atoms with Crippen molar-refractivity contribution in [3.8, 4) is 0 Å². The number of para-hydroxylation sites is 1. The van der Waals surface area contributed by atoms with Crippen molar-refractivity contribution >= 4 is 17.5 Å². The lowest BCUT2D eigenvalue weighted by Crippen LogP contribution is -2.35. The van der Waals surface area contributed by atoms with Gasteiger partial charge in [0, 0.05) is 63.6 Å². The van der Waals surface area contributed by atoms with E-state index in [4.69, 9.17) is 0 Å². The molecule has 0 aliphatic carbocycles. The number of hydrogen-bond acceptors (Lipinski definition) is 4. The Morgan fingerprint density at radius 2 is 1.81 bits per heavy atom. The van der Waals surface area contributed by atoms with Gasteiger partial charge in [0.2, 0.25) is 11.8 Å². The minimum absolute atomic E-state index is 0.0569. The van der Waals surface area contributed by atoms with E-state index in [1.807, 2.05) is 47.5 Å². The molecule has 2 amide bonds. The highest BCUT2D eigenvalue weighted by atomic mass is 16.2. The Labute approximate surface area is 160 Å². The number of benzene rings is 1. The summed E-state index contributed by atoms with van der Waals surface area (Å²) >= 11 is 0. The maximum absolute atomic E-state index is 12.5. The fraction of sp³-hybridized carbons (Fsp3) is 0.381. The highest BCUT2D eigenvalue weighted by Crippen LogP contribution is 2.11. The van der Waals surface area contributed by atoms with Crippen LogP contribution >= 0.6 is 0 Å². The molecule has 1 fully saturated rings. The normalized spacial score (nSPS) is 15.2. The molecule has 1 aliphatic rings. The molecule has 142 valence electrons. The van der Waals surface area contributed by atoms with Crippen molar-refractivity contribution in [1.82, 2.24) is 14.8 Å². The molecule has 1 aromatic heterocycles. The maximum atomic E-state index is 12.5. The summed E-state index contributed by atoms with van der Waals surface area (Å²) in [6.45, 7) is 4.13. The molecule has 0 atom stereocenters. The van der Waals surface area contributed by atoms with Crippen LogP contribution in [0.4, 0.5) is 5.69 Å². The van der Waals surface area contributed by atoms with Gasteiger partial charge in [0.1, 0.15) is 0 Å². The molecule has 3 rings (SSSR count). The van der Waals surface area contributed by atoms with E-state index in [1.54, 1.807) is 6.20 Å². The van der Waals surface area contributed by atoms with Gasteiger partial charge in [-0.2, -0.15) is 0 Å². The van der Waals surface area contributed by atoms with Crippen LogP contribution in [0.3, 0.4) is 0 Å². The number of pyridine rings is 1. The number of anilines is 1. The first-order valence-corrected chi connectivity index (χ1v) is 9.44. The average Bonchev–Trinajstić information content (AvgIpc) is 2.93. The predicted octanol–water partition coefficient (Wildman–Crippen LogP) is 2.53. The minimum atomic E-state index is -0.123. The van der Waals surface area contributed by atoms with Crippen molar-refractivity contribution in [1.29, 1.82) is 0 Å². The van der Waals surface area contributed by atoms with Crippen LogP contribution in [-0.2, 0) is 16.1 Å². The summed E-state index contributed by atoms with van der Waals surface area (Å²) in [5.41, 5.74) is 1.95. The molecule has 6 nitrogen and oxygen atoms in total. The first kappa shape index (κ1) is 19.0. The van der Waals surface area contributed by atoms with Gasteiger partial charge < -0.3 is 10.2 Å². The molecule has 1 saturated heterocycles. The molecule has 27 heavy (non-hydrogen) atoms. The number of carbonyl (C=O) groups excluding carboxylic acids is 2. The van der Waals surface area contributed by atoms with E-state index in [9.17, 15) is 9.59 Å². The third-order valence-corrected chi connectivity index (χ3v) is 4.69. The Bertz CT molecular complexity index is 736. The smallest absolute Gasteiger partial charge is 0.224 e. The SMILES string of the molecule is O=C(CCC(=O)N1CCCN(Cc2cccnc2)CC1)Nc1ccccc1. The topological polar surface area (TPSA) is 65.5 Å². The number of nitrogens with one attached hydrogen (secondary N) is 1. The predicted molar refractivity (Wildman–Crippen MR) is 105 cm³/mol. The maximum Gasteiger partial charge on any atom is 0.224 e.